The Morgan fingerprint density at radius 1 is 0.912 bits per heavy atom. The monoisotopic (exact) mass is 508 g/mol. The molecule has 2 bridgehead atoms. The van der Waals surface area contributed by atoms with Crippen LogP contribution in [0.25, 0.3) is 0 Å². The SMILES string of the molecule is CS(=O)(=O)c1ccc(C(C2=C(Sc3ccccc3)C3CCC(C3)C2=O)c2ccccc2)c(Cl)c1. The molecular formula is C28H25ClO3S2. The van der Waals surface area contributed by atoms with Gasteiger partial charge in [-0.05, 0) is 60.6 Å². The number of hydrogen-bond acceptors (Lipinski definition) is 4. The first-order valence-corrected chi connectivity index (χ1v) is 14.5. The van der Waals surface area contributed by atoms with Crippen molar-refractivity contribution in [2.75, 3.05) is 6.26 Å². The number of fused-ring (bicyclic) bond motifs is 2. The van der Waals surface area contributed by atoms with Crippen LogP contribution >= 0.6 is 23.4 Å². The minimum atomic E-state index is -3.39. The van der Waals surface area contributed by atoms with Gasteiger partial charge in [-0.15, -0.1) is 0 Å². The highest BCUT2D eigenvalue weighted by Gasteiger charge is 2.44. The van der Waals surface area contributed by atoms with Crippen LogP contribution in [0.5, 0.6) is 0 Å². The number of rotatable bonds is 6. The molecule has 0 saturated heterocycles. The van der Waals surface area contributed by atoms with E-state index < -0.39 is 9.84 Å². The van der Waals surface area contributed by atoms with E-state index in [2.05, 4.69) is 12.1 Å². The summed E-state index contributed by atoms with van der Waals surface area (Å²) in [4.78, 5) is 16.3. The summed E-state index contributed by atoms with van der Waals surface area (Å²) in [5.74, 6) is 0.234. The molecule has 2 aliphatic rings. The predicted molar refractivity (Wildman–Crippen MR) is 138 cm³/mol. The van der Waals surface area contributed by atoms with Crippen molar-refractivity contribution >= 4 is 39.0 Å². The van der Waals surface area contributed by atoms with Crippen LogP contribution in [0.15, 0.2) is 99.1 Å². The highest BCUT2D eigenvalue weighted by molar-refractivity contribution is 8.03. The number of Topliss-reactive ketones (excluding diaryl/α,β-unsaturated/α-hetero) is 1. The molecule has 3 nitrogen and oxygen atoms in total. The number of carbonyl (C=O) groups excluding carboxylic acids is 1. The lowest BCUT2D eigenvalue weighted by Gasteiger charge is -2.31. The largest absolute Gasteiger partial charge is 0.294 e. The Labute approximate surface area is 210 Å². The molecule has 0 radical (unpaired) electrons. The second-order valence-corrected chi connectivity index (χ2v) is 12.6. The fourth-order valence-corrected chi connectivity index (χ4v) is 7.43. The van der Waals surface area contributed by atoms with Crippen LogP contribution in [0.1, 0.15) is 36.3 Å². The molecule has 0 aromatic heterocycles. The molecule has 2 aliphatic carbocycles. The number of benzene rings is 3. The number of hydrogen-bond donors (Lipinski definition) is 0. The van der Waals surface area contributed by atoms with Crippen LogP contribution in [0.3, 0.4) is 0 Å². The number of allylic oxidation sites excluding steroid dienone is 2. The zero-order valence-corrected chi connectivity index (χ0v) is 21.2. The molecule has 0 spiro atoms. The second-order valence-electron chi connectivity index (χ2n) is 9.06. The third-order valence-corrected chi connectivity index (χ3v) is 9.53. The number of ketones is 1. The molecule has 5 rings (SSSR count). The van der Waals surface area contributed by atoms with E-state index in [0.717, 1.165) is 45.8 Å². The lowest BCUT2D eigenvalue weighted by Crippen LogP contribution is -2.26. The van der Waals surface area contributed by atoms with Gasteiger partial charge >= 0.3 is 0 Å². The molecule has 3 atom stereocenters. The number of carbonyl (C=O) groups is 1. The third-order valence-electron chi connectivity index (χ3n) is 6.81. The first kappa shape index (κ1) is 23.4. The number of sulfone groups is 1. The number of halogens is 1. The average molecular weight is 509 g/mol. The highest BCUT2D eigenvalue weighted by Crippen LogP contribution is 2.54. The summed E-state index contributed by atoms with van der Waals surface area (Å²) in [7, 11) is -3.39. The van der Waals surface area contributed by atoms with Crippen LogP contribution in [0, 0.1) is 11.8 Å². The topological polar surface area (TPSA) is 51.2 Å². The van der Waals surface area contributed by atoms with E-state index in [1.165, 1.54) is 12.3 Å². The molecule has 3 unspecified atom stereocenters. The molecule has 1 saturated carbocycles. The minimum absolute atomic E-state index is 0.0420. The van der Waals surface area contributed by atoms with Crippen molar-refractivity contribution in [2.24, 2.45) is 11.8 Å². The smallest absolute Gasteiger partial charge is 0.175 e. The Morgan fingerprint density at radius 2 is 1.56 bits per heavy atom. The van der Waals surface area contributed by atoms with Crippen molar-refractivity contribution in [1.82, 2.24) is 0 Å². The molecule has 1 fully saturated rings. The van der Waals surface area contributed by atoms with E-state index in [1.54, 1.807) is 23.9 Å². The Bertz CT molecular complexity index is 1370. The summed E-state index contributed by atoms with van der Waals surface area (Å²) in [6.45, 7) is 0. The molecule has 34 heavy (non-hydrogen) atoms. The quantitative estimate of drug-likeness (QED) is 0.362. The zero-order valence-electron chi connectivity index (χ0n) is 18.8. The van der Waals surface area contributed by atoms with Gasteiger partial charge in [0.15, 0.2) is 15.6 Å². The molecule has 6 heteroatoms. The summed E-state index contributed by atoms with van der Waals surface area (Å²) in [5.41, 5.74) is 2.55. The van der Waals surface area contributed by atoms with E-state index in [1.807, 2.05) is 48.5 Å². The Balaban J connectivity index is 1.73. The molecule has 3 aromatic rings. The Morgan fingerprint density at radius 3 is 2.21 bits per heavy atom. The molecule has 0 aliphatic heterocycles. The van der Waals surface area contributed by atoms with E-state index in [0.29, 0.717) is 10.9 Å². The van der Waals surface area contributed by atoms with Crippen molar-refractivity contribution in [2.45, 2.75) is 35.0 Å². The minimum Gasteiger partial charge on any atom is -0.294 e. The maximum atomic E-state index is 13.9. The van der Waals surface area contributed by atoms with Gasteiger partial charge in [0.1, 0.15) is 0 Å². The summed E-state index contributed by atoms with van der Waals surface area (Å²) >= 11 is 8.42. The molecule has 3 aromatic carbocycles. The van der Waals surface area contributed by atoms with E-state index in [9.17, 15) is 13.2 Å². The maximum Gasteiger partial charge on any atom is 0.175 e. The first-order chi connectivity index (χ1) is 16.3. The van der Waals surface area contributed by atoms with Gasteiger partial charge in [0.05, 0.1) is 4.90 Å². The normalized spacial score (nSPS) is 21.1. The lowest BCUT2D eigenvalue weighted by atomic mass is 9.76. The van der Waals surface area contributed by atoms with E-state index in [-0.39, 0.29) is 22.5 Å². The van der Waals surface area contributed by atoms with Crippen molar-refractivity contribution in [1.29, 1.82) is 0 Å². The zero-order chi connectivity index (χ0) is 23.9. The fraction of sp³-hybridized carbons (Fsp3) is 0.250. The van der Waals surface area contributed by atoms with Crippen LogP contribution < -0.4 is 0 Å². The molecule has 0 N–H and O–H groups in total. The van der Waals surface area contributed by atoms with Crippen LogP contribution in [0.4, 0.5) is 0 Å². The van der Waals surface area contributed by atoms with Gasteiger partial charge in [-0.25, -0.2) is 8.42 Å². The predicted octanol–water partition coefficient (Wildman–Crippen LogP) is 6.92. The van der Waals surface area contributed by atoms with Crippen molar-refractivity contribution in [3.05, 3.63) is 105 Å². The van der Waals surface area contributed by atoms with Crippen LogP contribution in [-0.4, -0.2) is 20.5 Å². The van der Waals surface area contributed by atoms with Crippen molar-refractivity contribution in [3.63, 3.8) is 0 Å². The summed E-state index contributed by atoms with van der Waals surface area (Å²) in [6.07, 6.45) is 4.00. The van der Waals surface area contributed by atoms with Gasteiger partial charge in [-0.2, -0.15) is 0 Å². The van der Waals surface area contributed by atoms with Gasteiger partial charge in [0.2, 0.25) is 0 Å². The molecule has 174 valence electrons. The second kappa shape index (κ2) is 9.37. The molecule has 0 heterocycles. The van der Waals surface area contributed by atoms with Crippen LogP contribution in [0.2, 0.25) is 5.02 Å². The van der Waals surface area contributed by atoms with E-state index >= 15 is 0 Å². The van der Waals surface area contributed by atoms with Crippen LogP contribution in [-0.2, 0) is 14.6 Å². The summed E-state index contributed by atoms with van der Waals surface area (Å²) in [5, 5.41) is 0.360. The Hall–Kier alpha value is -2.34. The van der Waals surface area contributed by atoms with Gasteiger partial charge < -0.3 is 0 Å². The van der Waals surface area contributed by atoms with Crippen molar-refractivity contribution in [3.8, 4) is 0 Å². The van der Waals surface area contributed by atoms with Crippen molar-refractivity contribution < 1.29 is 13.2 Å². The van der Waals surface area contributed by atoms with E-state index in [4.69, 9.17) is 11.6 Å². The summed E-state index contributed by atoms with van der Waals surface area (Å²) < 4.78 is 24.2. The standard InChI is InChI=1S/C28H25ClO3S2/c1-34(31,32)22-14-15-23(24(29)17-22)25(18-8-4-2-5-9-18)26-27(30)19-12-13-20(16-19)28(26)33-21-10-6-3-7-11-21/h2-11,14-15,17,19-20,25H,12-13,16H2,1H3. The Kier molecular flexibility index (Phi) is 6.45. The summed E-state index contributed by atoms with van der Waals surface area (Å²) in [6, 6.07) is 25.0. The first-order valence-electron chi connectivity index (χ1n) is 11.4. The van der Waals surface area contributed by atoms with Gasteiger partial charge in [0, 0.05) is 38.5 Å². The third kappa shape index (κ3) is 4.49. The molecule has 0 amide bonds. The highest BCUT2D eigenvalue weighted by atomic mass is 35.5. The maximum absolute atomic E-state index is 13.9. The van der Waals surface area contributed by atoms with Gasteiger partial charge in [-0.3, -0.25) is 4.79 Å². The molecular weight excluding hydrogens is 484 g/mol. The van der Waals surface area contributed by atoms with Gasteiger partial charge in [-0.1, -0.05) is 78.0 Å². The average Bonchev–Trinajstić information content (AvgIpc) is 3.28. The number of thioether (sulfide) groups is 1. The fourth-order valence-electron chi connectivity index (χ4n) is 5.18. The van der Waals surface area contributed by atoms with Gasteiger partial charge in [0.25, 0.3) is 0 Å². The lowest BCUT2D eigenvalue weighted by molar-refractivity contribution is -0.119.